The van der Waals surface area contributed by atoms with E-state index in [9.17, 15) is 14.4 Å². The van der Waals surface area contributed by atoms with Crippen LogP contribution in [0.2, 0.25) is 0 Å². The van der Waals surface area contributed by atoms with E-state index in [1.165, 1.54) is 6.07 Å². The number of morpholine rings is 1. The number of rotatable bonds is 6. The molecule has 1 aliphatic rings. The van der Waals surface area contributed by atoms with Gasteiger partial charge in [0.25, 0.3) is 17.6 Å². The fraction of sp³-hybridized carbons (Fsp3) is 0.294. The minimum atomic E-state index is -0.640. The second kappa shape index (κ2) is 8.60. The van der Waals surface area contributed by atoms with Crippen LogP contribution in [0.15, 0.2) is 29.8 Å². The van der Waals surface area contributed by atoms with Gasteiger partial charge in [-0.2, -0.15) is 0 Å². The summed E-state index contributed by atoms with van der Waals surface area (Å²) in [6.45, 7) is 1.96. The van der Waals surface area contributed by atoms with Crippen LogP contribution in [0.3, 0.4) is 0 Å². The van der Waals surface area contributed by atoms with E-state index in [1.54, 1.807) is 23.7 Å². The Labute approximate surface area is 159 Å². The third kappa shape index (κ3) is 4.60. The number of aromatic amines is 1. The Morgan fingerprint density at radius 1 is 1.26 bits per heavy atom. The number of H-pyrrole nitrogens is 1. The zero-order chi connectivity index (χ0) is 19.2. The number of thiophene rings is 1. The van der Waals surface area contributed by atoms with E-state index in [0.29, 0.717) is 42.7 Å². The molecule has 0 spiro atoms. The van der Waals surface area contributed by atoms with Crippen LogP contribution in [-0.2, 0) is 14.3 Å². The van der Waals surface area contributed by atoms with E-state index in [-0.39, 0.29) is 5.56 Å². The summed E-state index contributed by atoms with van der Waals surface area (Å²) in [6, 6.07) is 4.83. The van der Waals surface area contributed by atoms with Gasteiger partial charge in [-0.05, 0) is 23.6 Å². The van der Waals surface area contributed by atoms with Crippen molar-refractivity contribution in [2.24, 2.45) is 5.73 Å². The van der Waals surface area contributed by atoms with Crippen LogP contribution in [0.4, 0.5) is 10.8 Å². The van der Waals surface area contributed by atoms with Crippen molar-refractivity contribution in [3.8, 4) is 0 Å². The monoisotopic (exact) mass is 391 g/mol. The minimum absolute atomic E-state index is 0.215. The highest BCUT2D eigenvalue weighted by Crippen LogP contribution is 2.22. The molecule has 3 heterocycles. The van der Waals surface area contributed by atoms with Gasteiger partial charge in [-0.3, -0.25) is 14.5 Å². The van der Waals surface area contributed by atoms with Crippen molar-refractivity contribution >= 4 is 39.9 Å². The van der Waals surface area contributed by atoms with Crippen LogP contribution in [0.5, 0.6) is 0 Å². The molecule has 2 amide bonds. The fourth-order valence-corrected chi connectivity index (χ4v) is 3.42. The number of nitrogens with zero attached hydrogens (tertiary/aromatic N) is 1. The maximum absolute atomic E-state index is 12.4. The Kier molecular flexibility index (Phi) is 5.99. The quantitative estimate of drug-likeness (QED) is 0.682. The molecule has 0 unspecified atom stereocenters. The highest BCUT2D eigenvalue weighted by molar-refractivity contribution is 7.14. The number of esters is 1. The van der Waals surface area contributed by atoms with Crippen molar-refractivity contribution in [3.05, 3.63) is 40.9 Å². The van der Waals surface area contributed by atoms with Gasteiger partial charge in [0.2, 0.25) is 0 Å². The van der Waals surface area contributed by atoms with Gasteiger partial charge in [0.1, 0.15) is 23.7 Å². The van der Waals surface area contributed by atoms with Gasteiger partial charge in [0, 0.05) is 0 Å². The number of aromatic nitrogens is 1. The van der Waals surface area contributed by atoms with E-state index in [1.807, 2.05) is 4.90 Å². The first-order valence-corrected chi connectivity index (χ1v) is 9.12. The van der Waals surface area contributed by atoms with Gasteiger partial charge in [0.15, 0.2) is 6.61 Å². The van der Waals surface area contributed by atoms with E-state index in [2.05, 4.69) is 10.3 Å². The number of nitrogens with two attached hydrogens (primary N) is 1. The third-order valence-corrected chi connectivity index (χ3v) is 4.73. The normalized spacial score (nSPS) is 13.9. The Morgan fingerprint density at radius 2 is 2.04 bits per heavy atom. The molecule has 0 radical (unpaired) electrons. The average Bonchev–Trinajstić information content (AvgIpc) is 3.15. The van der Waals surface area contributed by atoms with E-state index < -0.39 is 24.4 Å². The fourth-order valence-electron chi connectivity index (χ4n) is 2.61. The molecule has 9 nitrogen and oxygen atoms in total. The molecular formula is C17H19N4O5S+. The third-order valence-electron chi connectivity index (χ3n) is 3.90. The lowest BCUT2D eigenvalue weighted by Gasteiger charge is -2.22. The number of hydrogen-bond acceptors (Lipinski definition) is 7. The molecule has 1 fully saturated rings. The zero-order valence-corrected chi connectivity index (χ0v) is 15.2. The van der Waals surface area contributed by atoms with Crippen molar-refractivity contribution in [1.82, 2.24) is 0 Å². The zero-order valence-electron chi connectivity index (χ0n) is 14.4. The van der Waals surface area contributed by atoms with Crippen LogP contribution in [0.25, 0.3) is 0 Å². The molecule has 0 aliphatic carbocycles. The first kappa shape index (κ1) is 18.8. The van der Waals surface area contributed by atoms with Crippen molar-refractivity contribution < 1.29 is 28.8 Å². The molecule has 10 heteroatoms. The molecule has 0 saturated carbocycles. The van der Waals surface area contributed by atoms with Gasteiger partial charge >= 0.3 is 5.97 Å². The highest BCUT2D eigenvalue weighted by atomic mass is 32.1. The first-order chi connectivity index (χ1) is 13.1. The number of carbonyl (C=O) groups excluding carboxylic acids is 3. The van der Waals surface area contributed by atoms with E-state index in [4.69, 9.17) is 15.2 Å². The van der Waals surface area contributed by atoms with Crippen LogP contribution < -0.4 is 20.9 Å². The van der Waals surface area contributed by atoms with E-state index >= 15 is 0 Å². The number of ether oxygens (including phenoxy) is 2. The van der Waals surface area contributed by atoms with E-state index in [0.717, 1.165) is 11.3 Å². The maximum Gasteiger partial charge on any atom is 0.347 e. The Bertz CT molecular complexity index is 847. The molecule has 3 rings (SSSR count). The number of anilines is 2. The van der Waals surface area contributed by atoms with Crippen LogP contribution in [0, 0.1) is 0 Å². The highest BCUT2D eigenvalue weighted by Gasteiger charge is 2.27. The summed E-state index contributed by atoms with van der Waals surface area (Å²) in [7, 11) is 0. The predicted molar refractivity (Wildman–Crippen MR) is 97.8 cm³/mol. The maximum atomic E-state index is 12.4. The standard InChI is InChI=1S/C17H18N4O5S/c18-14(23)11-3-9-27-16(11)20-13(22)10-26-17(24)12-2-1-4-19-15(12)21-5-7-25-8-6-21/h1-4,9H,5-8,10H2,(H2,18,23)(H,20,22)/p+1. The van der Waals surface area contributed by atoms with Gasteiger partial charge in [-0.1, -0.05) is 0 Å². The Hall–Kier alpha value is -2.98. The first-order valence-electron chi connectivity index (χ1n) is 8.24. The summed E-state index contributed by atoms with van der Waals surface area (Å²) in [5.74, 6) is -1.19. The van der Waals surface area contributed by atoms with Crippen LogP contribution in [0.1, 0.15) is 20.7 Å². The SMILES string of the molecule is NC(=O)c1ccsc1NC(=O)COC(=O)c1ccc[nH+]c1N1CCOCC1. The summed E-state index contributed by atoms with van der Waals surface area (Å²) >= 11 is 1.16. The molecule has 142 valence electrons. The summed E-state index contributed by atoms with van der Waals surface area (Å²) in [6.07, 6.45) is 1.72. The van der Waals surface area contributed by atoms with Crippen molar-refractivity contribution in [2.75, 3.05) is 43.1 Å². The molecule has 0 aromatic carbocycles. The second-order valence-corrected chi connectivity index (χ2v) is 6.60. The average molecular weight is 391 g/mol. The lowest BCUT2D eigenvalue weighted by Crippen LogP contribution is -2.40. The number of pyridine rings is 1. The van der Waals surface area contributed by atoms with Crippen molar-refractivity contribution in [2.45, 2.75) is 0 Å². The van der Waals surface area contributed by atoms with Crippen molar-refractivity contribution in [3.63, 3.8) is 0 Å². The summed E-state index contributed by atoms with van der Waals surface area (Å²) in [5, 5.41) is 4.48. The molecule has 1 saturated heterocycles. The van der Waals surface area contributed by atoms with Crippen LogP contribution >= 0.6 is 11.3 Å². The molecule has 0 atom stereocenters. The molecule has 4 N–H and O–H groups in total. The number of amides is 2. The largest absolute Gasteiger partial charge is 0.452 e. The minimum Gasteiger partial charge on any atom is -0.452 e. The summed E-state index contributed by atoms with van der Waals surface area (Å²) < 4.78 is 10.5. The van der Waals surface area contributed by atoms with Gasteiger partial charge < -0.3 is 20.5 Å². The number of hydrogen-bond donors (Lipinski definition) is 2. The number of nitrogens with one attached hydrogen (secondary N) is 2. The summed E-state index contributed by atoms with van der Waals surface area (Å²) in [4.78, 5) is 40.8. The predicted octanol–water partition coefficient (Wildman–Crippen LogP) is 0.293. The van der Waals surface area contributed by atoms with Crippen LogP contribution in [-0.4, -0.2) is 50.7 Å². The number of carbonyl (C=O) groups is 3. The van der Waals surface area contributed by atoms with Gasteiger partial charge in [0.05, 0.1) is 25.0 Å². The Balaban J connectivity index is 1.61. The molecule has 1 aliphatic heterocycles. The molecule has 27 heavy (non-hydrogen) atoms. The summed E-state index contributed by atoms with van der Waals surface area (Å²) in [5.41, 5.74) is 5.78. The Morgan fingerprint density at radius 3 is 2.78 bits per heavy atom. The smallest absolute Gasteiger partial charge is 0.347 e. The second-order valence-electron chi connectivity index (χ2n) is 5.68. The van der Waals surface area contributed by atoms with Gasteiger partial charge in [-0.25, -0.2) is 9.78 Å². The number of primary amides is 1. The van der Waals surface area contributed by atoms with Gasteiger partial charge in [-0.15, -0.1) is 11.3 Å². The molecule has 2 aromatic rings. The lowest BCUT2D eigenvalue weighted by atomic mass is 10.2. The lowest BCUT2D eigenvalue weighted by molar-refractivity contribution is -0.364. The molecule has 0 bridgehead atoms. The molecular weight excluding hydrogens is 372 g/mol. The topological polar surface area (TPSA) is 125 Å². The van der Waals surface area contributed by atoms with Crippen molar-refractivity contribution in [1.29, 1.82) is 0 Å². The molecule has 2 aromatic heterocycles.